The molecule has 8 N–H and O–H groups in total. The lowest BCUT2D eigenvalue weighted by atomic mass is 10.0. The molecule has 0 aliphatic rings. The maximum Gasteiger partial charge on any atom is 0.283 e. The van der Waals surface area contributed by atoms with E-state index in [1.807, 2.05) is 24.3 Å². The van der Waals surface area contributed by atoms with Gasteiger partial charge in [-0.1, -0.05) is 48.5 Å². The maximum absolute atomic E-state index is 12.6. The lowest BCUT2D eigenvalue weighted by molar-refractivity contribution is -0.387. The summed E-state index contributed by atoms with van der Waals surface area (Å²) < 4.78 is 0. The van der Waals surface area contributed by atoms with Crippen molar-refractivity contribution in [1.82, 2.24) is 10.3 Å². The third-order valence-corrected chi connectivity index (χ3v) is 6.54. The molecular weight excluding hydrogens is 456 g/mol. The number of nitrogens with zero attached hydrogens (tertiary/aromatic N) is 1. The first-order valence-corrected chi connectivity index (χ1v) is 11.7. The highest BCUT2D eigenvalue weighted by molar-refractivity contribution is 7.99. The summed E-state index contributed by atoms with van der Waals surface area (Å²) in [4.78, 5) is 39.6. The van der Waals surface area contributed by atoms with E-state index in [0.717, 1.165) is 22.9 Å². The lowest BCUT2D eigenvalue weighted by Crippen LogP contribution is -2.51. The SMILES string of the molecule is NCCCC[C@H](N)C(=O)N[C@@H](Cc1c(Sc2ccccc2[N+](=O)[O-])[nH]c2ccccc12)C(N)=O. The van der Waals surface area contributed by atoms with Crippen LogP contribution in [0.3, 0.4) is 0 Å². The Balaban J connectivity index is 1.89. The fraction of sp³-hybridized carbons (Fsp3) is 0.304. The predicted molar refractivity (Wildman–Crippen MR) is 131 cm³/mol. The monoisotopic (exact) mass is 484 g/mol. The Morgan fingerprint density at radius 2 is 1.82 bits per heavy atom. The molecule has 0 bridgehead atoms. The van der Waals surface area contributed by atoms with Crippen molar-refractivity contribution in [3.8, 4) is 0 Å². The molecule has 0 radical (unpaired) electrons. The number of carbonyl (C=O) groups excluding carboxylic acids is 2. The van der Waals surface area contributed by atoms with Crippen molar-refractivity contribution in [1.29, 1.82) is 0 Å². The maximum atomic E-state index is 12.6. The van der Waals surface area contributed by atoms with Crippen LogP contribution in [0.15, 0.2) is 58.5 Å². The van der Waals surface area contributed by atoms with Gasteiger partial charge in [0.05, 0.1) is 20.9 Å². The average molecular weight is 485 g/mol. The van der Waals surface area contributed by atoms with Crippen LogP contribution in [-0.4, -0.2) is 40.4 Å². The number of rotatable bonds is 12. The van der Waals surface area contributed by atoms with Crippen molar-refractivity contribution in [3.05, 3.63) is 64.2 Å². The van der Waals surface area contributed by atoms with E-state index < -0.39 is 28.8 Å². The third kappa shape index (κ3) is 6.13. The zero-order valence-electron chi connectivity index (χ0n) is 18.5. The van der Waals surface area contributed by atoms with Crippen LogP contribution in [0.2, 0.25) is 0 Å². The molecule has 2 amide bonds. The zero-order valence-corrected chi connectivity index (χ0v) is 19.3. The van der Waals surface area contributed by atoms with E-state index >= 15 is 0 Å². The number of carbonyl (C=O) groups is 2. The van der Waals surface area contributed by atoms with Gasteiger partial charge in [-0.25, -0.2) is 0 Å². The van der Waals surface area contributed by atoms with E-state index in [0.29, 0.717) is 29.3 Å². The van der Waals surface area contributed by atoms with Gasteiger partial charge in [-0.15, -0.1) is 0 Å². The summed E-state index contributed by atoms with van der Waals surface area (Å²) in [6.45, 7) is 0.513. The van der Waals surface area contributed by atoms with Gasteiger partial charge in [0.25, 0.3) is 5.69 Å². The van der Waals surface area contributed by atoms with Crippen LogP contribution >= 0.6 is 11.8 Å². The molecule has 2 atom stereocenters. The molecule has 0 aliphatic heterocycles. The number of unbranched alkanes of at least 4 members (excludes halogenated alkanes) is 1. The van der Waals surface area contributed by atoms with Crippen LogP contribution in [-0.2, 0) is 16.0 Å². The van der Waals surface area contributed by atoms with Crippen LogP contribution < -0.4 is 22.5 Å². The number of fused-ring (bicyclic) bond motifs is 1. The molecule has 3 rings (SSSR count). The second-order valence-electron chi connectivity index (χ2n) is 7.86. The highest BCUT2D eigenvalue weighted by Gasteiger charge is 2.26. The third-order valence-electron chi connectivity index (χ3n) is 5.42. The number of hydrogen-bond donors (Lipinski definition) is 5. The molecule has 11 heteroatoms. The van der Waals surface area contributed by atoms with Gasteiger partial charge in [-0.3, -0.25) is 19.7 Å². The van der Waals surface area contributed by atoms with Crippen LogP contribution in [0.1, 0.15) is 24.8 Å². The Morgan fingerprint density at radius 1 is 1.12 bits per heavy atom. The number of aromatic amines is 1. The first-order valence-electron chi connectivity index (χ1n) is 10.9. The Bertz CT molecular complexity index is 1180. The molecular formula is C23H28N6O4S. The van der Waals surface area contributed by atoms with Crippen LogP contribution in [0.5, 0.6) is 0 Å². The molecule has 1 heterocycles. The minimum atomic E-state index is -1.00. The molecule has 34 heavy (non-hydrogen) atoms. The molecule has 0 spiro atoms. The molecule has 10 nitrogen and oxygen atoms in total. The van der Waals surface area contributed by atoms with E-state index in [9.17, 15) is 19.7 Å². The summed E-state index contributed by atoms with van der Waals surface area (Å²) in [5.41, 5.74) is 18.6. The van der Waals surface area contributed by atoms with Crippen molar-refractivity contribution in [3.63, 3.8) is 0 Å². The first kappa shape index (κ1) is 25.2. The molecule has 0 unspecified atom stereocenters. The summed E-state index contributed by atoms with van der Waals surface area (Å²) in [6, 6.07) is 12.1. The van der Waals surface area contributed by atoms with Gasteiger partial charge in [-0.2, -0.15) is 0 Å². The zero-order chi connectivity index (χ0) is 24.7. The minimum Gasteiger partial charge on any atom is -0.368 e. The number of nitrogens with one attached hydrogen (secondary N) is 2. The van der Waals surface area contributed by atoms with E-state index in [1.165, 1.54) is 17.8 Å². The van der Waals surface area contributed by atoms with Crippen LogP contribution in [0.25, 0.3) is 10.9 Å². The first-order chi connectivity index (χ1) is 16.3. The lowest BCUT2D eigenvalue weighted by Gasteiger charge is -2.19. The Morgan fingerprint density at radius 3 is 2.53 bits per heavy atom. The summed E-state index contributed by atoms with van der Waals surface area (Å²) >= 11 is 1.19. The normalized spacial score (nSPS) is 12.9. The van der Waals surface area contributed by atoms with Crippen molar-refractivity contribution < 1.29 is 14.5 Å². The van der Waals surface area contributed by atoms with Crippen LogP contribution in [0.4, 0.5) is 5.69 Å². The van der Waals surface area contributed by atoms with Gasteiger partial charge >= 0.3 is 0 Å². The minimum absolute atomic E-state index is 0.0275. The fourth-order valence-electron chi connectivity index (χ4n) is 3.61. The average Bonchev–Trinajstić information content (AvgIpc) is 3.15. The summed E-state index contributed by atoms with van der Waals surface area (Å²) in [5, 5.41) is 15.6. The van der Waals surface area contributed by atoms with Crippen molar-refractivity contribution in [2.75, 3.05) is 6.54 Å². The van der Waals surface area contributed by atoms with Crippen LogP contribution in [0, 0.1) is 10.1 Å². The molecule has 0 fully saturated rings. The van der Waals surface area contributed by atoms with Gasteiger partial charge in [0.2, 0.25) is 11.8 Å². The highest BCUT2D eigenvalue weighted by atomic mass is 32.2. The molecule has 3 aromatic rings. The molecule has 1 aromatic heterocycles. The second kappa shape index (κ2) is 11.6. The molecule has 2 aromatic carbocycles. The number of nitrogens with two attached hydrogens (primary N) is 3. The van der Waals surface area contributed by atoms with Crippen molar-refractivity contribution in [2.45, 2.75) is 47.7 Å². The van der Waals surface area contributed by atoms with Crippen molar-refractivity contribution in [2.24, 2.45) is 17.2 Å². The number of benzene rings is 2. The van der Waals surface area contributed by atoms with Gasteiger partial charge in [0, 0.05) is 23.4 Å². The molecule has 0 saturated carbocycles. The van der Waals surface area contributed by atoms with E-state index in [-0.39, 0.29) is 12.1 Å². The topological polar surface area (TPSA) is 183 Å². The van der Waals surface area contributed by atoms with E-state index in [2.05, 4.69) is 10.3 Å². The number of para-hydroxylation sites is 2. The highest BCUT2D eigenvalue weighted by Crippen LogP contribution is 2.39. The number of hydrogen-bond acceptors (Lipinski definition) is 7. The number of H-pyrrole nitrogens is 1. The molecule has 0 saturated heterocycles. The quantitative estimate of drug-likeness (QED) is 0.148. The van der Waals surface area contributed by atoms with Gasteiger partial charge < -0.3 is 27.5 Å². The summed E-state index contributed by atoms with van der Waals surface area (Å²) in [6.07, 6.45) is 2.00. The van der Waals surface area contributed by atoms with E-state index in [1.54, 1.807) is 18.2 Å². The van der Waals surface area contributed by atoms with Gasteiger partial charge in [0.1, 0.15) is 6.04 Å². The largest absolute Gasteiger partial charge is 0.368 e. The second-order valence-corrected chi connectivity index (χ2v) is 8.92. The number of nitro benzene ring substituents is 1. The van der Waals surface area contributed by atoms with E-state index in [4.69, 9.17) is 17.2 Å². The summed E-state index contributed by atoms with van der Waals surface area (Å²) in [5.74, 6) is -1.16. The smallest absolute Gasteiger partial charge is 0.283 e. The standard InChI is InChI=1S/C23H28N6O4S/c24-12-6-5-8-16(25)22(31)27-18(21(26)30)13-15-14-7-1-2-9-17(14)28-23(15)34-20-11-4-3-10-19(20)29(32)33/h1-4,7,9-11,16,18,28H,5-6,8,12-13,24-25H2,(H2,26,30)(H,27,31)/t16-,18-/m0/s1. The number of nitro groups is 1. The summed E-state index contributed by atoms with van der Waals surface area (Å²) in [7, 11) is 0. The van der Waals surface area contributed by atoms with Gasteiger partial charge in [-0.05, 0) is 37.1 Å². The van der Waals surface area contributed by atoms with Crippen molar-refractivity contribution >= 4 is 40.2 Å². The molecule has 0 aliphatic carbocycles. The van der Waals surface area contributed by atoms with Gasteiger partial charge in [0.15, 0.2) is 0 Å². The Kier molecular flexibility index (Phi) is 8.63. The molecule has 180 valence electrons. The Hall–Kier alpha value is -3.41. The predicted octanol–water partition coefficient (Wildman–Crippen LogP) is 2.20. The number of primary amides is 1. The Labute approximate surface area is 200 Å². The number of amides is 2. The fourth-order valence-corrected chi connectivity index (χ4v) is 4.71. The number of aromatic nitrogens is 1.